The zero-order chi connectivity index (χ0) is 14.9. The number of hydrogen-bond donors (Lipinski definition) is 7. The normalized spacial score (nSPS) is 14.1. The SMILES string of the molecule is N[C@@H](CO)C(=O)O.O=C(O)C(CO)OP(=O)(O)O. The molecule has 0 aromatic carbocycles. The second-order valence-corrected chi connectivity index (χ2v) is 3.92. The van der Waals surface area contributed by atoms with Crippen molar-refractivity contribution in [3.63, 3.8) is 0 Å². The Balaban J connectivity index is 0. The number of aliphatic hydroxyl groups excluding tert-OH is 2. The van der Waals surface area contributed by atoms with Crippen LogP contribution >= 0.6 is 7.82 Å². The van der Waals surface area contributed by atoms with Crippen molar-refractivity contribution in [2.24, 2.45) is 5.73 Å². The van der Waals surface area contributed by atoms with Crippen molar-refractivity contribution in [2.45, 2.75) is 12.1 Å². The summed E-state index contributed by atoms with van der Waals surface area (Å²) in [6.45, 7) is -1.49. The van der Waals surface area contributed by atoms with Gasteiger partial charge in [-0.15, -0.1) is 0 Å². The number of carboxylic acids is 2. The third-order valence-corrected chi connectivity index (χ3v) is 1.75. The standard InChI is InChI=1S/C3H7NO3.C3H7O7P/c4-2(1-5)3(6)7;4-1-2(3(5)6)10-11(7,8)9/h2,5H,1,4H2,(H,6,7);2,4H,1H2,(H,5,6)(H2,7,8,9)/t2-;/m0./s1. The van der Waals surface area contributed by atoms with Crippen molar-refractivity contribution in [2.75, 3.05) is 13.2 Å². The summed E-state index contributed by atoms with van der Waals surface area (Å²) in [4.78, 5) is 35.8. The molecule has 18 heavy (non-hydrogen) atoms. The molecule has 1 unspecified atom stereocenters. The molecule has 11 nitrogen and oxygen atoms in total. The molecule has 0 rings (SSSR count). The zero-order valence-electron chi connectivity index (χ0n) is 8.91. The third-order valence-electron chi connectivity index (χ3n) is 1.22. The van der Waals surface area contributed by atoms with Crippen LogP contribution in [0.3, 0.4) is 0 Å². The van der Waals surface area contributed by atoms with Crippen LogP contribution in [0.1, 0.15) is 0 Å². The molecule has 0 aliphatic heterocycles. The molecule has 12 heteroatoms. The number of aliphatic hydroxyl groups is 2. The first kappa shape index (κ1) is 19.3. The number of phosphoric acid groups is 1. The fourth-order valence-electron chi connectivity index (χ4n) is 0.400. The maximum Gasteiger partial charge on any atom is 0.470 e. The molecule has 0 radical (unpaired) electrons. The van der Waals surface area contributed by atoms with E-state index >= 15 is 0 Å². The lowest BCUT2D eigenvalue weighted by Gasteiger charge is -2.10. The van der Waals surface area contributed by atoms with Gasteiger partial charge in [0.05, 0.1) is 13.2 Å². The van der Waals surface area contributed by atoms with Crippen molar-refractivity contribution in [3.8, 4) is 0 Å². The summed E-state index contributed by atoms with van der Waals surface area (Å²) in [6.07, 6.45) is -1.88. The molecular weight excluding hydrogens is 277 g/mol. The van der Waals surface area contributed by atoms with Crippen LogP contribution in [0.2, 0.25) is 0 Å². The highest BCUT2D eigenvalue weighted by Gasteiger charge is 2.26. The Kier molecular flexibility index (Phi) is 9.57. The number of carbonyl (C=O) groups is 2. The quantitative estimate of drug-likeness (QED) is 0.244. The molecule has 0 aromatic heterocycles. The van der Waals surface area contributed by atoms with E-state index in [4.69, 9.17) is 35.9 Å². The molecule has 0 bridgehead atoms. The molecule has 108 valence electrons. The fraction of sp³-hybridized carbons (Fsp3) is 0.667. The van der Waals surface area contributed by atoms with Crippen LogP contribution in [0.5, 0.6) is 0 Å². The molecule has 0 aliphatic rings. The Labute approximate surface area is 101 Å². The van der Waals surface area contributed by atoms with Gasteiger partial charge in [0, 0.05) is 0 Å². The summed E-state index contributed by atoms with van der Waals surface area (Å²) >= 11 is 0. The molecule has 0 aliphatic carbocycles. The Morgan fingerprint density at radius 1 is 1.11 bits per heavy atom. The third kappa shape index (κ3) is 11.4. The smallest absolute Gasteiger partial charge is 0.470 e. The van der Waals surface area contributed by atoms with Gasteiger partial charge >= 0.3 is 19.8 Å². The van der Waals surface area contributed by atoms with E-state index in [-0.39, 0.29) is 0 Å². The summed E-state index contributed by atoms with van der Waals surface area (Å²) in [5.74, 6) is -2.81. The average molecular weight is 291 g/mol. The van der Waals surface area contributed by atoms with Gasteiger partial charge in [0.25, 0.3) is 0 Å². The van der Waals surface area contributed by atoms with Crippen molar-refractivity contribution >= 4 is 19.8 Å². The highest BCUT2D eigenvalue weighted by molar-refractivity contribution is 7.46. The monoisotopic (exact) mass is 291 g/mol. The minimum Gasteiger partial charge on any atom is -0.480 e. The predicted octanol–water partition coefficient (Wildman–Crippen LogP) is -3.07. The lowest BCUT2D eigenvalue weighted by Crippen LogP contribution is -2.33. The molecule has 8 N–H and O–H groups in total. The Morgan fingerprint density at radius 2 is 1.56 bits per heavy atom. The molecule has 0 saturated heterocycles. The van der Waals surface area contributed by atoms with Crippen molar-refractivity contribution in [1.29, 1.82) is 0 Å². The summed E-state index contributed by atoms with van der Waals surface area (Å²) < 4.78 is 13.7. The van der Waals surface area contributed by atoms with Crippen molar-refractivity contribution < 1.29 is 48.9 Å². The van der Waals surface area contributed by atoms with E-state index in [0.717, 1.165) is 0 Å². The van der Waals surface area contributed by atoms with Gasteiger partial charge in [-0.1, -0.05) is 0 Å². The van der Waals surface area contributed by atoms with Crippen LogP contribution < -0.4 is 5.73 Å². The minimum atomic E-state index is -4.83. The topological polar surface area (TPSA) is 208 Å². The van der Waals surface area contributed by atoms with Crippen LogP contribution in [0.4, 0.5) is 0 Å². The van der Waals surface area contributed by atoms with Crippen LogP contribution in [0.25, 0.3) is 0 Å². The van der Waals surface area contributed by atoms with E-state index in [1.165, 1.54) is 0 Å². The Morgan fingerprint density at radius 3 is 1.61 bits per heavy atom. The maximum absolute atomic E-state index is 10.0. The van der Waals surface area contributed by atoms with Gasteiger partial charge in [0.1, 0.15) is 6.04 Å². The first-order valence-electron chi connectivity index (χ1n) is 4.22. The van der Waals surface area contributed by atoms with Gasteiger partial charge in [-0.3, -0.25) is 9.32 Å². The Hall–Kier alpha value is -1.07. The van der Waals surface area contributed by atoms with E-state index in [1.807, 2.05) is 0 Å². The van der Waals surface area contributed by atoms with Gasteiger partial charge in [-0.2, -0.15) is 0 Å². The van der Waals surface area contributed by atoms with Gasteiger partial charge < -0.3 is 35.9 Å². The van der Waals surface area contributed by atoms with Crippen LogP contribution in [0, 0.1) is 0 Å². The highest BCUT2D eigenvalue weighted by atomic mass is 31.2. The second kappa shape index (κ2) is 8.94. The van der Waals surface area contributed by atoms with Crippen LogP contribution in [0.15, 0.2) is 0 Å². The van der Waals surface area contributed by atoms with Crippen molar-refractivity contribution in [3.05, 3.63) is 0 Å². The highest BCUT2D eigenvalue weighted by Crippen LogP contribution is 2.37. The molecule has 0 heterocycles. The van der Waals surface area contributed by atoms with E-state index in [2.05, 4.69) is 4.52 Å². The van der Waals surface area contributed by atoms with Gasteiger partial charge in [0.15, 0.2) is 6.10 Å². The second-order valence-electron chi connectivity index (χ2n) is 2.73. The molecule has 0 amide bonds. The molecular formula is C6H14NO10P. The van der Waals surface area contributed by atoms with Gasteiger partial charge in [-0.25, -0.2) is 9.36 Å². The first-order valence-corrected chi connectivity index (χ1v) is 5.75. The van der Waals surface area contributed by atoms with Gasteiger partial charge in [-0.05, 0) is 0 Å². The predicted molar refractivity (Wildman–Crippen MR) is 54.3 cm³/mol. The summed E-state index contributed by atoms with van der Waals surface area (Å²) in [7, 11) is -4.83. The molecule has 0 fully saturated rings. The minimum absolute atomic E-state index is 0.505. The Bertz CT molecular complexity index is 313. The fourth-order valence-corrected chi connectivity index (χ4v) is 0.889. The first-order chi connectivity index (χ1) is 8.05. The number of nitrogens with two attached hydrogens (primary N) is 1. The number of aliphatic carboxylic acids is 2. The van der Waals surface area contributed by atoms with E-state index in [9.17, 15) is 14.2 Å². The van der Waals surface area contributed by atoms with E-state index in [0.29, 0.717) is 0 Å². The maximum atomic E-state index is 10.0. The summed E-state index contributed by atoms with van der Waals surface area (Å²) in [6, 6.07) is -1.13. The number of phosphoric ester groups is 1. The van der Waals surface area contributed by atoms with Crippen molar-refractivity contribution in [1.82, 2.24) is 0 Å². The lowest BCUT2D eigenvalue weighted by molar-refractivity contribution is -0.147. The van der Waals surface area contributed by atoms with Crippen LogP contribution in [-0.2, 0) is 18.7 Å². The summed E-state index contributed by atoms with van der Waals surface area (Å²) in [5.41, 5.74) is 4.77. The number of carboxylic acid groups (broad SMARTS) is 2. The zero-order valence-corrected chi connectivity index (χ0v) is 9.80. The molecule has 0 spiro atoms. The number of rotatable bonds is 6. The largest absolute Gasteiger partial charge is 0.480 e. The summed E-state index contributed by atoms with van der Waals surface area (Å²) in [5, 5.41) is 32.2. The average Bonchev–Trinajstić information content (AvgIpc) is 2.23. The lowest BCUT2D eigenvalue weighted by atomic mass is 10.3. The molecule has 0 aromatic rings. The van der Waals surface area contributed by atoms with Crippen LogP contribution in [-0.4, -0.2) is 67.5 Å². The molecule has 2 atom stereocenters. The number of hydrogen-bond acceptors (Lipinski definition) is 7. The van der Waals surface area contributed by atoms with Gasteiger partial charge in [0.2, 0.25) is 0 Å². The van der Waals surface area contributed by atoms with E-state index in [1.54, 1.807) is 0 Å². The molecule has 0 saturated carbocycles. The van der Waals surface area contributed by atoms with E-state index < -0.39 is 45.1 Å².